The number of piperazine rings is 1. The summed E-state index contributed by atoms with van der Waals surface area (Å²) in [6, 6.07) is 13.7. The lowest BCUT2D eigenvalue weighted by molar-refractivity contribution is -0.900. The van der Waals surface area contributed by atoms with Crippen molar-refractivity contribution in [3.63, 3.8) is 0 Å². The smallest absolute Gasteiger partial charge is 0.293 e. The van der Waals surface area contributed by atoms with Crippen LogP contribution in [-0.4, -0.2) is 59.7 Å². The SMILES string of the molecule is CNS(=O)(=O)c1ccc(N2CC[NH+](CCOc3ccccc3)CC2)c([N+](=O)[O-])c1. The van der Waals surface area contributed by atoms with E-state index in [-0.39, 0.29) is 10.6 Å². The van der Waals surface area contributed by atoms with Crippen LogP contribution in [0.1, 0.15) is 0 Å². The molecule has 1 fully saturated rings. The number of nitrogens with zero attached hydrogens (tertiary/aromatic N) is 2. The van der Waals surface area contributed by atoms with E-state index in [9.17, 15) is 18.5 Å². The molecule has 0 aromatic heterocycles. The second kappa shape index (κ2) is 9.21. The van der Waals surface area contributed by atoms with Gasteiger partial charge in [-0.05, 0) is 31.3 Å². The first kappa shape index (κ1) is 21.0. The van der Waals surface area contributed by atoms with Crippen molar-refractivity contribution >= 4 is 21.4 Å². The highest BCUT2D eigenvalue weighted by Crippen LogP contribution is 2.30. The molecular weight excluding hydrogens is 396 g/mol. The molecule has 2 N–H and O–H groups in total. The van der Waals surface area contributed by atoms with E-state index in [1.807, 2.05) is 35.2 Å². The van der Waals surface area contributed by atoms with Crippen LogP contribution in [0, 0.1) is 10.1 Å². The largest absolute Gasteiger partial charge is 0.488 e. The van der Waals surface area contributed by atoms with E-state index in [0.29, 0.717) is 25.4 Å². The van der Waals surface area contributed by atoms with Crippen LogP contribution in [0.15, 0.2) is 53.4 Å². The summed E-state index contributed by atoms with van der Waals surface area (Å²) in [7, 11) is -2.46. The summed E-state index contributed by atoms with van der Waals surface area (Å²) in [4.78, 5) is 14.2. The molecule has 2 aromatic rings. The Morgan fingerprint density at radius 1 is 1.17 bits per heavy atom. The van der Waals surface area contributed by atoms with Crippen molar-refractivity contribution in [2.24, 2.45) is 0 Å². The van der Waals surface area contributed by atoms with Gasteiger partial charge in [0.25, 0.3) is 5.69 Å². The number of benzene rings is 2. The molecule has 156 valence electrons. The lowest BCUT2D eigenvalue weighted by Gasteiger charge is -2.33. The second-order valence-electron chi connectivity index (χ2n) is 6.76. The molecule has 29 heavy (non-hydrogen) atoms. The Labute approximate surface area is 170 Å². The van der Waals surface area contributed by atoms with Gasteiger partial charge in [0.15, 0.2) is 0 Å². The molecule has 0 spiro atoms. The molecule has 3 rings (SSSR count). The van der Waals surface area contributed by atoms with Crippen LogP contribution >= 0.6 is 0 Å². The van der Waals surface area contributed by atoms with Gasteiger partial charge in [0.05, 0.1) is 36.0 Å². The summed E-state index contributed by atoms with van der Waals surface area (Å²) in [5.41, 5.74) is 0.252. The van der Waals surface area contributed by atoms with Gasteiger partial charge in [0.2, 0.25) is 10.0 Å². The first-order valence-corrected chi connectivity index (χ1v) is 10.9. The fraction of sp³-hybridized carbons (Fsp3) is 0.368. The highest BCUT2D eigenvalue weighted by molar-refractivity contribution is 7.89. The van der Waals surface area contributed by atoms with Gasteiger partial charge < -0.3 is 14.5 Å². The van der Waals surface area contributed by atoms with Gasteiger partial charge in [-0.2, -0.15) is 0 Å². The Hall–Kier alpha value is -2.69. The topological polar surface area (TPSA) is 106 Å². The Morgan fingerprint density at radius 2 is 1.86 bits per heavy atom. The van der Waals surface area contributed by atoms with Crippen molar-refractivity contribution in [1.82, 2.24) is 4.72 Å². The Balaban J connectivity index is 1.60. The first-order chi connectivity index (χ1) is 13.9. The number of nitro benzene ring substituents is 1. The number of sulfonamides is 1. The van der Waals surface area contributed by atoms with E-state index in [0.717, 1.165) is 31.5 Å². The summed E-state index contributed by atoms with van der Waals surface area (Å²) in [6.07, 6.45) is 0. The molecule has 0 atom stereocenters. The van der Waals surface area contributed by atoms with Crippen LogP contribution in [0.2, 0.25) is 0 Å². The molecule has 9 nitrogen and oxygen atoms in total. The Morgan fingerprint density at radius 3 is 2.48 bits per heavy atom. The molecule has 2 aromatic carbocycles. The number of ether oxygens (including phenoxy) is 1. The molecular formula is C19H25N4O5S+. The predicted octanol–water partition coefficient (Wildman–Crippen LogP) is 0.287. The monoisotopic (exact) mass is 421 g/mol. The number of anilines is 1. The summed E-state index contributed by atoms with van der Waals surface area (Å²) in [5.74, 6) is 0.845. The van der Waals surface area contributed by atoms with Gasteiger partial charge in [-0.15, -0.1) is 0 Å². The van der Waals surface area contributed by atoms with Gasteiger partial charge in [-0.3, -0.25) is 10.1 Å². The van der Waals surface area contributed by atoms with Crippen LogP contribution in [0.5, 0.6) is 5.75 Å². The van der Waals surface area contributed by atoms with Crippen molar-refractivity contribution in [3.05, 3.63) is 58.6 Å². The lowest BCUT2D eigenvalue weighted by Crippen LogP contribution is -3.15. The summed E-state index contributed by atoms with van der Waals surface area (Å²) >= 11 is 0. The van der Waals surface area contributed by atoms with Crippen molar-refractivity contribution in [1.29, 1.82) is 0 Å². The summed E-state index contributed by atoms with van der Waals surface area (Å²) in [6.45, 7) is 4.41. The fourth-order valence-electron chi connectivity index (χ4n) is 3.35. The quantitative estimate of drug-likeness (QED) is 0.469. The highest BCUT2D eigenvalue weighted by atomic mass is 32.2. The van der Waals surface area contributed by atoms with E-state index in [4.69, 9.17) is 4.74 Å². The second-order valence-corrected chi connectivity index (χ2v) is 8.65. The minimum absolute atomic E-state index is 0.113. The van der Waals surface area contributed by atoms with E-state index in [1.165, 1.54) is 24.1 Å². The summed E-state index contributed by atoms with van der Waals surface area (Å²) in [5, 5.41) is 11.5. The maximum atomic E-state index is 11.9. The number of nitrogens with one attached hydrogen (secondary N) is 2. The van der Waals surface area contributed by atoms with E-state index < -0.39 is 14.9 Å². The van der Waals surface area contributed by atoms with Crippen LogP contribution < -0.4 is 19.3 Å². The van der Waals surface area contributed by atoms with Crippen molar-refractivity contribution in [3.8, 4) is 5.75 Å². The molecule has 1 heterocycles. The van der Waals surface area contributed by atoms with Crippen molar-refractivity contribution in [2.75, 3.05) is 51.3 Å². The normalized spacial score (nSPS) is 15.3. The zero-order valence-electron chi connectivity index (χ0n) is 16.2. The Bertz CT molecular complexity index is 944. The maximum Gasteiger partial charge on any atom is 0.293 e. The molecule has 0 aliphatic carbocycles. The van der Waals surface area contributed by atoms with Crippen LogP contribution in [-0.2, 0) is 10.0 Å². The molecule has 1 saturated heterocycles. The van der Waals surface area contributed by atoms with Crippen LogP contribution in [0.25, 0.3) is 0 Å². The third-order valence-corrected chi connectivity index (χ3v) is 6.41. The van der Waals surface area contributed by atoms with Crippen LogP contribution in [0.4, 0.5) is 11.4 Å². The number of hydrogen-bond donors (Lipinski definition) is 2. The first-order valence-electron chi connectivity index (χ1n) is 9.39. The molecule has 10 heteroatoms. The molecule has 0 saturated carbocycles. The van der Waals surface area contributed by atoms with Gasteiger partial charge in [0.1, 0.15) is 24.6 Å². The summed E-state index contributed by atoms with van der Waals surface area (Å²) < 4.78 is 31.8. The maximum absolute atomic E-state index is 11.9. The number of rotatable bonds is 8. The predicted molar refractivity (Wildman–Crippen MR) is 109 cm³/mol. The average molecular weight is 421 g/mol. The molecule has 1 aliphatic heterocycles. The van der Waals surface area contributed by atoms with Gasteiger partial charge in [0, 0.05) is 6.07 Å². The van der Waals surface area contributed by atoms with Gasteiger partial charge >= 0.3 is 0 Å². The molecule has 1 aliphatic rings. The number of nitro groups is 1. The third-order valence-electron chi connectivity index (χ3n) is 5.00. The molecule has 0 unspecified atom stereocenters. The van der Waals surface area contributed by atoms with Crippen molar-refractivity contribution in [2.45, 2.75) is 4.90 Å². The fourth-order valence-corrected chi connectivity index (χ4v) is 4.10. The van der Waals surface area contributed by atoms with E-state index in [1.54, 1.807) is 0 Å². The van der Waals surface area contributed by atoms with Crippen molar-refractivity contribution < 1.29 is 23.0 Å². The Kier molecular flexibility index (Phi) is 6.68. The third kappa shape index (κ3) is 5.22. The molecule has 0 radical (unpaired) electrons. The number of para-hydroxylation sites is 1. The molecule has 0 amide bonds. The van der Waals surface area contributed by atoms with Crippen LogP contribution in [0.3, 0.4) is 0 Å². The number of hydrogen-bond acceptors (Lipinski definition) is 6. The minimum Gasteiger partial charge on any atom is -0.488 e. The van der Waals surface area contributed by atoms with Gasteiger partial charge in [-0.1, -0.05) is 18.2 Å². The lowest BCUT2D eigenvalue weighted by atomic mass is 10.2. The highest BCUT2D eigenvalue weighted by Gasteiger charge is 2.27. The molecule has 0 bridgehead atoms. The van der Waals surface area contributed by atoms with E-state index >= 15 is 0 Å². The zero-order chi connectivity index (χ0) is 20.9. The minimum atomic E-state index is -3.73. The zero-order valence-corrected chi connectivity index (χ0v) is 17.0. The van der Waals surface area contributed by atoms with Gasteiger partial charge in [-0.25, -0.2) is 13.1 Å². The average Bonchev–Trinajstić information content (AvgIpc) is 2.74. The van der Waals surface area contributed by atoms with E-state index in [2.05, 4.69) is 4.72 Å². The number of quaternary nitrogens is 1. The standard InChI is InChI=1S/C19H24N4O5S/c1-20-29(26,27)17-7-8-18(19(15-17)23(24)25)22-11-9-21(10-12-22)13-14-28-16-5-3-2-4-6-16/h2-8,15,20H,9-14H2,1H3/p+1.